The van der Waals surface area contributed by atoms with Crippen molar-refractivity contribution in [2.24, 2.45) is 0 Å². The van der Waals surface area contributed by atoms with Gasteiger partial charge >= 0.3 is 0 Å². The molecule has 0 aliphatic heterocycles. The first kappa shape index (κ1) is 12.5. The minimum absolute atomic E-state index is 0.0845. The summed E-state index contributed by atoms with van der Waals surface area (Å²) in [4.78, 5) is 4.14. The van der Waals surface area contributed by atoms with Gasteiger partial charge in [0.15, 0.2) is 0 Å². The largest absolute Gasteiger partial charge is 0.505 e. The van der Waals surface area contributed by atoms with Crippen molar-refractivity contribution in [3.05, 3.63) is 59.8 Å². The van der Waals surface area contributed by atoms with Crippen LogP contribution in [-0.2, 0) is 0 Å². The van der Waals surface area contributed by atoms with Gasteiger partial charge in [0.05, 0.1) is 0 Å². The number of benzene rings is 2. The lowest BCUT2D eigenvalue weighted by Crippen LogP contribution is -1.90. The summed E-state index contributed by atoms with van der Waals surface area (Å²) in [5.74, 6) is -1.19. The highest BCUT2D eigenvalue weighted by Crippen LogP contribution is 2.35. The van der Waals surface area contributed by atoms with Crippen molar-refractivity contribution in [3.63, 3.8) is 0 Å². The molecule has 2 nitrogen and oxygen atoms in total. The predicted molar refractivity (Wildman–Crippen MR) is 73.5 cm³/mol. The second-order valence-electron chi connectivity index (χ2n) is 4.65. The Morgan fingerprint density at radius 1 is 1.05 bits per heavy atom. The molecule has 3 aromatic rings. The number of aromatic hydroxyl groups is 1. The predicted octanol–water partition coefficient (Wildman–Crippen LogP) is 4.19. The van der Waals surface area contributed by atoms with Crippen LogP contribution in [0.2, 0.25) is 0 Å². The lowest BCUT2D eigenvalue weighted by atomic mass is 9.97. The number of phenols is 1. The first-order valence-electron chi connectivity index (χ1n) is 6.10. The van der Waals surface area contributed by atoms with E-state index < -0.39 is 11.6 Å². The lowest BCUT2D eigenvalue weighted by Gasteiger charge is -2.10. The van der Waals surface area contributed by atoms with Gasteiger partial charge in [-0.2, -0.15) is 0 Å². The average molecular weight is 271 g/mol. The molecule has 2 aromatic carbocycles. The quantitative estimate of drug-likeness (QED) is 0.719. The average Bonchev–Trinajstić information content (AvgIpc) is 2.42. The molecule has 0 amide bonds. The molecule has 4 heteroatoms. The van der Waals surface area contributed by atoms with Gasteiger partial charge < -0.3 is 5.11 Å². The number of hydrogen-bond acceptors (Lipinski definition) is 2. The third-order valence-corrected chi connectivity index (χ3v) is 3.23. The van der Waals surface area contributed by atoms with Gasteiger partial charge in [-0.05, 0) is 47.9 Å². The highest BCUT2D eigenvalue weighted by Gasteiger charge is 2.12. The molecular formula is C16H11F2NO. The molecule has 0 aliphatic carbocycles. The summed E-state index contributed by atoms with van der Waals surface area (Å²) in [6.07, 6.45) is 1.57. The van der Waals surface area contributed by atoms with Crippen LogP contribution in [0.1, 0.15) is 5.56 Å². The SMILES string of the molecule is Cc1cc(-c2cc(F)cc(F)c2)c2cccnc2c1O. The minimum Gasteiger partial charge on any atom is -0.505 e. The molecule has 0 atom stereocenters. The maximum atomic E-state index is 13.4. The third kappa shape index (κ3) is 1.99. The van der Waals surface area contributed by atoms with Gasteiger partial charge in [0.2, 0.25) is 0 Å². The van der Waals surface area contributed by atoms with E-state index >= 15 is 0 Å². The van der Waals surface area contributed by atoms with Crippen molar-refractivity contribution in [3.8, 4) is 16.9 Å². The van der Waals surface area contributed by atoms with Crippen molar-refractivity contribution in [1.82, 2.24) is 4.98 Å². The molecule has 3 rings (SSSR count). The summed E-state index contributed by atoms with van der Waals surface area (Å²) in [6, 6.07) is 8.54. The van der Waals surface area contributed by atoms with Crippen molar-refractivity contribution in [1.29, 1.82) is 0 Å². The fourth-order valence-electron chi connectivity index (χ4n) is 2.31. The number of phenolic OH excluding ortho intramolecular Hbond substituents is 1. The summed E-state index contributed by atoms with van der Waals surface area (Å²) in [5, 5.41) is 10.7. The van der Waals surface area contributed by atoms with Gasteiger partial charge in [0, 0.05) is 17.6 Å². The molecule has 1 N–H and O–H groups in total. The zero-order chi connectivity index (χ0) is 14.3. The second-order valence-corrected chi connectivity index (χ2v) is 4.65. The molecule has 0 saturated carbocycles. The standard InChI is InChI=1S/C16H11F2NO/c1-9-5-14(10-6-11(17)8-12(18)7-10)13-3-2-4-19-15(13)16(9)20/h2-8,20H,1H3. The van der Waals surface area contributed by atoms with Gasteiger partial charge in [-0.3, -0.25) is 4.98 Å². The van der Waals surface area contributed by atoms with Crippen LogP contribution < -0.4 is 0 Å². The van der Waals surface area contributed by atoms with E-state index in [1.165, 1.54) is 12.1 Å². The van der Waals surface area contributed by atoms with Crippen LogP contribution in [-0.4, -0.2) is 10.1 Å². The molecule has 0 saturated heterocycles. The fourth-order valence-corrected chi connectivity index (χ4v) is 2.31. The number of aromatic nitrogens is 1. The van der Waals surface area contributed by atoms with Crippen molar-refractivity contribution in [2.75, 3.05) is 0 Å². The molecule has 100 valence electrons. The summed E-state index contributed by atoms with van der Waals surface area (Å²) in [5.41, 5.74) is 2.09. The molecular weight excluding hydrogens is 260 g/mol. The number of nitrogens with zero attached hydrogens (tertiary/aromatic N) is 1. The summed E-state index contributed by atoms with van der Waals surface area (Å²) in [7, 11) is 0. The van der Waals surface area contributed by atoms with E-state index in [9.17, 15) is 13.9 Å². The Hall–Kier alpha value is -2.49. The second kappa shape index (κ2) is 4.56. The van der Waals surface area contributed by atoms with Crippen LogP contribution >= 0.6 is 0 Å². The van der Waals surface area contributed by atoms with E-state index in [1.54, 1.807) is 31.3 Å². The molecule has 0 radical (unpaired) electrons. The lowest BCUT2D eigenvalue weighted by molar-refractivity contribution is 0.476. The highest BCUT2D eigenvalue weighted by molar-refractivity contribution is 5.98. The van der Waals surface area contributed by atoms with Gasteiger partial charge in [0.1, 0.15) is 22.9 Å². The molecule has 20 heavy (non-hydrogen) atoms. The zero-order valence-electron chi connectivity index (χ0n) is 10.7. The molecule has 0 bridgehead atoms. The first-order chi connectivity index (χ1) is 9.56. The molecule has 1 aromatic heterocycles. The summed E-state index contributed by atoms with van der Waals surface area (Å²) >= 11 is 0. The van der Waals surface area contributed by atoms with Crippen LogP contribution in [0.25, 0.3) is 22.0 Å². The molecule has 0 fully saturated rings. The Bertz CT molecular complexity index is 795. The number of aryl methyl sites for hydroxylation is 1. The third-order valence-electron chi connectivity index (χ3n) is 3.23. The van der Waals surface area contributed by atoms with Crippen molar-refractivity contribution >= 4 is 10.9 Å². The molecule has 0 aliphatic rings. The maximum absolute atomic E-state index is 13.4. The van der Waals surface area contributed by atoms with E-state index in [1.807, 2.05) is 0 Å². The normalized spacial score (nSPS) is 10.9. The number of pyridine rings is 1. The number of hydrogen-bond donors (Lipinski definition) is 1. The maximum Gasteiger partial charge on any atom is 0.144 e. The van der Waals surface area contributed by atoms with E-state index in [4.69, 9.17) is 0 Å². The number of halogens is 2. The number of rotatable bonds is 1. The summed E-state index contributed by atoms with van der Waals surface area (Å²) < 4.78 is 26.8. The van der Waals surface area contributed by atoms with Crippen LogP contribution in [0, 0.1) is 18.6 Å². The summed E-state index contributed by atoms with van der Waals surface area (Å²) in [6.45, 7) is 1.72. The Morgan fingerprint density at radius 3 is 2.45 bits per heavy atom. The van der Waals surface area contributed by atoms with Crippen molar-refractivity contribution in [2.45, 2.75) is 6.92 Å². The highest BCUT2D eigenvalue weighted by atomic mass is 19.1. The molecule has 1 heterocycles. The van der Waals surface area contributed by atoms with E-state index in [2.05, 4.69) is 4.98 Å². The van der Waals surface area contributed by atoms with Crippen LogP contribution in [0.5, 0.6) is 5.75 Å². The molecule has 0 spiro atoms. The topological polar surface area (TPSA) is 33.1 Å². The van der Waals surface area contributed by atoms with Crippen LogP contribution in [0.4, 0.5) is 8.78 Å². The fraction of sp³-hybridized carbons (Fsp3) is 0.0625. The van der Waals surface area contributed by atoms with Gasteiger partial charge in [-0.15, -0.1) is 0 Å². The Labute approximate surface area is 114 Å². The smallest absolute Gasteiger partial charge is 0.144 e. The Kier molecular flexibility index (Phi) is 2.86. The van der Waals surface area contributed by atoms with E-state index in [0.717, 1.165) is 6.07 Å². The van der Waals surface area contributed by atoms with E-state index in [-0.39, 0.29) is 5.75 Å². The van der Waals surface area contributed by atoms with Gasteiger partial charge in [0.25, 0.3) is 0 Å². The van der Waals surface area contributed by atoms with Gasteiger partial charge in [-0.1, -0.05) is 6.07 Å². The monoisotopic (exact) mass is 271 g/mol. The minimum atomic E-state index is -0.636. The van der Waals surface area contributed by atoms with Crippen molar-refractivity contribution < 1.29 is 13.9 Å². The van der Waals surface area contributed by atoms with Crippen LogP contribution in [0.15, 0.2) is 42.6 Å². The first-order valence-corrected chi connectivity index (χ1v) is 6.10. The van der Waals surface area contributed by atoms with E-state index in [0.29, 0.717) is 27.6 Å². The zero-order valence-corrected chi connectivity index (χ0v) is 10.7. The molecule has 0 unspecified atom stereocenters. The Balaban J connectivity index is 2.39. The van der Waals surface area contributed by atoms with Gasteiger partial charge in [-0.25, -0.2) is 8.78 Å². The van der Waals surface area contributed by atoms with Crippen LogP contribution in [0.3, 0.4) is 0 Å². The Morgan fingerprint density at radius 2 is 1.75 bits per heavy atom. The number of fused-ring (bicyclic) bond motifs is 1.